The Balaban J connectivity index is 0.00000192. The maximum atomic E-state index is 7.04. The maximum Gasteiger partial charge on any atom is 0.0640 e. The molecule has 0 radical (unpaired) electrons. The van der Waals surface area contributed by atoms with Crippen LogP contribution >= 0.6 is 74.4 Å². The monoisotopic (exact) mass is 762 g/mol. The first-order valence-corrected chi connectivity index (χ1v) is 13.7. The molecule has 6 nitrogen and oxygen atoms in total. The highest BCUT2D eigenvalue weighted by molar-refractivity contribution is 6.38. The van der Waals surface area contributed by atoms with Crippen LogP contribution in [0.5, 0.6) is 0 Å². The van der Waals surface area contributed by atoms with E-state index in [0.29, 0.717) is 34.1 Å². The van der Waals surface area contributed by atoms with Crippen LogP contribution in [0.15, 0.2) is 109 Å². The van der Waals surface area contributed by atoms with Gasteiger partial charge in [0.2, 0.25) is 0 Å². The zero-order chi connectivity index (χ0) is 29.1. The second-order valence-corrected chi connectivity index (χ2v) is 10.6. The number of hydrogen-bond donors (Lipinski definition) is 6. The normalized spacial score (nSPS) is 10.0. The summed E-state index contributed by atoms with van der Waals surface area (Å²) in [6.07, 6.45) is 0. The smallest absolute Gasteiger partial charge is 0.0640 e. The van der Waals surface area contributed by atoms with Gasteiger partial charge in [0.05, 0.1) is 34.1 Å². The second kappa shape index (κ2) is 16.3. The van der Waals surface area contributed by atoms with E-state index in [1.807, 2.05) is 109 Å². The van der Waals surface area contributed by atoms with Gasteiger partial charge in [0.25, 0.3) is 0 Å². The Labute approximate surface area is 316 Å². The summed E-state index contributed by atoms with van der Waals surface area (Å²) in [6.45, 7) is 0. The van der Waals surface area contributed by atoms with Gasteiger partial charge in [0, 0.05) is 32.8 Å². The van der Waals surface area contributed by atoms with E-state index in [9.17, 15) is 0 Å². The van der Waals surface area contributed by atoms with Crippen LogP contribution in [0.1, 0.15) is 0 Å². The Morgan fingerprint density at radius 1 is 0.292 bits per heavy atom. The van der Waals surface area contributed by atoms with E-state index in [1.165, 1.54) is 0 Å². The molecule has 0 bridgehead atoms. The molecule has 0 heterocycles. The number of fused-ring (bicyclic) bond motifs is 6. The van der Waals surface area contributed by atoms with E-state index in [2.05, 4.69) is 0 Å². The number of anilines is 6. The van der Waals surface area contributed by atoms with Gasteiger partial charge in [-0.3, -0.25) is 0 Å². The van der Waals surface area contributed by atoms with Crippen molar-refractivity contribution in [2.45, 2.75) is 0 Å². The second-order valence-electron chi connectivity index (χ2n) is 10.6. The van der Waals surface area contributed by atoms with Crippen molar-refractivity contribution in [2.75, 3.05) is 34.4 Å². The molecule has 252 valence electrons. The largest absolute Gasteiger partial charge is 0.397 e. The molecule has 7 rings (SSSR count). The molecule has 7 aromatic rings. The molecule has 0 amide bonds. The van der Waals surface area contributed by atoms with Crippen LogP contribution in [-0.2, 0) is 0 Å². The number of benzene rings is 7. The molecule has 0 aliphatic rings. The van der Waals surface area contributed by atoms with Crippen LogP contribution in [0, 0.1) is 0 Å². The molecule has 0 saturated carbocycles. The number of nitrogens with two attached hydrogens (primary N) is 6. The van der Waals surface area contributed by atoms with Crippen LogP contribution in [0.3, 0.4) is 0 Å². The standard InChI is InChI=1S/C36H30N6.6ClH/c37-25-16-22-23(17-26(25)38)32-29(20-12-6-2-7-13-20)35(41)36(42)30(21-14-8-3-9-15-21)33(32)31-24(22)18-27(39)34(40)28(31)19-10-4-1-5-11-19;;;;;;/h1-18H,37-42H2;6*1H. The minimum Gasteiger partial charge on any atom is -0.397 e. The quantitative estimate of drug-likeness (QED) is 0.0777. The van der Waals surface area contributed by atoms with Gasteiger partial charge in [0.1, 0.15) is 0 Å². The fourth-order valence-corrected chi connectivity index (χ4v) is 6.28. The summed E-state index contributed by atoms with van der Waals surface area (Å²) in [6, 6.07) is 35.9. The fourth-order valence-electron chi connectivity index (χ4n) is 6.28. The molecule has 0 unspecified atom stereocenters. The van der Waals surface area contributed by atoms with Crippen LogP contribution in [0.2, 0.25) is 0 Å². The van der Waals surface area contributed by atoms with Gasteiger partial charge in [-0.1, -0.05) is 91.0 Å². The molecule has 7 aromatic carbocycles. The van der Waals surface area contributed by atoms with Crippen LogP contribution < -0.4 is 34.4 Å². The molecule has 12 N–H and O–H groups in total. The van der Waals surface area contributed by atoms with Gasteiger partial charge in [0.15, 0.2) is 0 Å². The molecule has 48 heavy (non-hydrogen) atoms. The Kier molecular flexibility index (Phi) is 14.2. The molecular weight excluding hydrogens is 729 g/mol. The zero-order valence-electron chi connectivity index (χ0n) is 25.3. The SMILES string of the molecule is Cl.Cl.Cl.Cl.Cl.Cl.Nc1cc2c3cc(N)c(N)c(-c4ccccc4)c3c3c(-c4ccccc4)c(N)c(N)c(-c4ccccc4)c3c2cc1N. The van der Waals surface area contributed by atoms with Gasteiger partial charge in [-0.05, 0) is 51.0 Å². The van der Waals surface area contributed by atoms with E-state index in [0.717, 1.165) is 65.7 Å². The summed E-state index contributed by atoms with van der Waals surface area (Å²) in [5, 5.41) is 5.45. The Morgan fingerprint density at radius 2 is 0.583 bits per heavy atom. The molecule has 0 aliphatic carbocycles. The number of rotatable bonds is 3. The molecule has 0 spiro atoms. The summed E-state index contributed by atoms with van der Waals surface area (Å²) in [7, 11) is 0. The van der Waals surface area contributed by atoms with Gasteiger partial charge in [-0.15, -0.1) is 74.4 Å². The Morgan fingerprint density at radius 3 is 0.958 bits per heavy atom. The molecular formula is C36H36Cl6N6. The third-order valence-corrected chi connectivity index (χ3v) is 8.20. The lowest BCUT2D eigenvalue weighted by atomic mass is 9.81. The topological polar surface area (TPSA) is 156 Å². The van der Waals surface area contributed by atoms with Gasteiger partial charge >= 0.3 is 0 Å². The zero-order valence-corrected chi connectivity index (χ0v) is 30.2. The number of hydrogen-bond acceptors (Lipinski definition) is 6. The van der Waals surface area contributed by atoms with E-state index >= 15 is 0 Å². The van der Waals surface area contributed by atoms with Crippen molar-refractivity contribution >= 4 is 141 Å². The molecule has 0 fully saturated rings. The average Bonchev–Trinajstić information content (AvgIpc) is 3.01. The highest BCUT2D eigenvalue weighted by Gasteiger charge is 2.26. The number of halogens is 6. The van der Waals surface area contributed by atoms with Gasteiger partial charge in [-0.25, -0.2) is 0 Å². The summed E-state index contributed by atoms with van der Waals surface area (Å²) in [5.74, 6) is 0. The van der Waals surface area contributed by atoms with Crippen LogP contribution in [0.25, 0.3) is 65.7 Å². The van der Waals surface area contributed by atoms with E-state index in [1.54, 1.807) is 0 Å². The Hall–Kier alpha value is -4.14. The predicted molar refractivity (Wildman–Crippen MR) is 225 cm³/mol. The van der Waals surface area contributed by atoms with Crippen molar-refractivity contribution in [3.8, 4) is 33.4 Å². The highest BCUT2D eigenvalue weighted by atomic mass is 35.5. The minimum absolute atomic E-state index is 0. The van der Waals surface area contributed by atoms with Gasteiger partial charge in [-0.2, -0.15) is 0 Å². The molecule has 0 atom stereocenters. The van der Waals surface area contributed by atoms with Crippen molar-refractivity contribution in [1.29, 1.82) is 0 Å². The summed E-state index contributed by atoms with van der Waals surface area (Å²) in [4.78, 5) is 0. The predicted octanol–water partition coefficient (Wildman–Crippen LogP) is 10.2. The first-order chi connectivity index (χ1) is 20.4. The third-order valence-electron chi connectivity index (χ3n) is 8.20. The van der Waals surface area contributed by atoms with E-state index in [-0.39, 0.29) is 74.4 Å². The van der Waals surface area contributed by atoms with Crippen molar-refractivity contribution in [3.05, 3.63) is 109 Å². The summed E-state index contributed by atoms with van der Waals surface area (Å²) < 4.78 is 0. The lowest BCUT2D eigenvalue weighted by molar-refractivity contribution is 1.61. The highest BCUT2D eigenvalue weighted by Crippen LogP contribution is 2.54. The average molecular weight is 765 g/mol. The molecule has 12 heteroatoms. The van der Waals surface area contributed by atoms with Crippen molar-refractivity contribution in [1.82, 2.24) is 0 Å². The molecule has 0 saturated heterocycles. The lowest BCUT2D eigenvalue weighted by Gasteiger charge is -2.25. The minimum atomic E-state index is 0. The number of nitrogen functional groups attached to an aromatic ring is 6. The van der Waals surface area contributed by atoms with E-state index < -0.39 is 0 Å². The van der Waals surface area contributed by atoms with Crippen molar-refractivity contribution in [2.24, 2.45) is 0 Å². The molecule has 0 aromatic heterocycles. The van der Waals surface area contributed by atoms with E-state index in [4.69, 9.17) is 34.4 Å². The maximum absolute atomic E-state index is 7.04. The van der Waals surface area contributed by atoms with Crippen molar-refractivity contribution in [3.63, 3.8) is 0 Å². The summed E-state index contributed by atoms with van der Waals surface area (Å²) in [5.41, 5.74) is 48.6. The van der Waals surface area contributed by atoms with Gasteiger partial charge < -0.3 is 34.4 Å². The Bertz CT molecular complexity index is 2120. The van der Waals surface area contributed by atoms with Crippen LogP contribution in [0.4, 0.5) is 34.1 Å². The first kappa shape index (κ1) is 41.9. The van der Waals surface area contributed by atoms with Crippen LogP contribution in [-0.4, -0.2) is 0 Å². The summed E-state index contributed by atoms with van der Waals surface area (Å²) >= 11 is 0. The fraction of sp³-hybridized carbons (Fsp3) is 0. The first-order valence-electron chi connectivity index (χ1n) is 13.7. The third kappa shape index (κ3) is 6.48. The van der Waals surface area contributed by atoms with Crippen molar-refractivity contribution < 1.29 is 0 Å². The lowest BCUT2D eigenvalue weighted by Crippen LogP contribution is -2.05. The molecule has 0 aliphatic heterocycles.